The van der Waals surface area contributed by atoms with E-state index in [4.69, 9.17) is 4.74 Å². The van der Waals surface area contributed by atoms with Crippen molar-refractivity contribution < 1.29 is 27.7 Å². The summed E-state index contributed by atoms with van der Waals surface area (Å²) in [6.07, 6.45) is 1.62. The highest BCUT2D eigenvalue weighted by atomic mass is 32.2. The summed E-state index contributed by atoms with van der Waals surface area (Å²) in [5.41, 5.74) is 0.823. The fourth-order valence-electron chi connectivity index (χ4n) is 3.52. The number of benzene rings is 2. The summed E-state index contributed by atoms with van der Waals surface area (Å²) in [5, 5.41) is 14.0. The Morgan fingerprint density at radius 3 is 2.47 bits per heavy atom. The first-order chi connectivity index (χ1) is 16.9. The molecule has 0 saturated carbocycles. The van der Waals surface area contributed by atoms with Crippen molar-refractivity contribution in [2.75, 3.05) is 30.8 Å². The minimum atomic E-state index is -4.01. The van der Waals surface area contributed by atoms with Crippen molar-refractivity contribution in [2.45, 2.75) is 39.8 Å². The molecule has 1 N–H and O–H groups in total. The molecule has 0 unspecified atom stereocenters. The Hall–Kier alpha value is -3.67. The van der Waals surface area contributed by atoms with Crippen molar-refractivity contribution in [3.8, 4) is 5.75 Å². The maximum absolute atomic E-state index is 13.6. The molecule has 0 saturated heterocycles. The lowest BCUT2D eigenvalue weighted by Crippen LogP contribution is -2.51. The van der Waals surface area contributed by atoms with Gasteiger partial charge in [0.25, 0.3) is 5.69 Å². The number of anilines is 1. The van der Waals surface area contributed by atoms with Gasteiger partial charge in [0.05, 0.1) is 24.0 Å². The van der Waals surface area contributed by atoms with Crippen molar-refractivity contribution >= 4 is 33.2 Å². The molecule has 0 bridgehead atoms. The Morgan fingerprint density at radius 1 is 1.19 bits per heavy atom. The van der Waals surface area contributed by atoms with Crippen LogP contribution in [-0.4, -0.2) is 62.6 Å². The van der Waals surface area contributed by atoms with Crippen LogP contribution < -0.4 is 14.4 Å². The highest BCUT2D eigenvalue weighted by Crippen LogP contribution is 2.28. The van der Waals surface area contributed by atoms with Gasteiger partial charge in [-0.05, 0) is 43.5 Å². The fourth-order valence-corrected chi connectivity index (χ4v) is 4.42. The molecule has 0 aromatic heterocycles. The van der Waals surface area contributed by atoms with Crippen molar-refractivity contribution in [3.05, 3.63) is 63.7 Å². The number of aryl methyl sites for hydroxylation is 1. The number of carbonyl (C=O) groups is 2. The number of amides is 2. The van der Waals surface area contributed by atoms with Gasteiger partial charge in [0.15, 0.2) is 0 Å². The number of nitrogens with one attached hydrogen (secondary N) is 1. The number of carbonyl (C=O) groups excluding carboxylic acids is 2. The molecule has 196 valence electrons. The molecule has 12 heteroatoms. The third kappa shape index (κ3) is 7.41. The Labute approximate surface area is 211 Å². The standard InChI is InChI=1S/C24H32N4O7S/c1-6-12-25-24(30)18(3)26(15-19-8-7-9-21(13-19)35-4)23(29)16-27(36(5,33)34)22-14-20(28(31)32)11-10-17(22)2/h7-11,13-14,18H,6,12,15-16H2,1-5H3,(H,25,30)/t18-/m1/s1. The summed E-state index contributed by atoms with van der Waals surface area (Å²) < 4.78 is 31.5. The summed E-state index contributed by atoms with van der Waals surface area (Å²) in [4.78, 5) is 38.2. The monoisotopic (exact) mass is 520 g/mol. The van der Waals surface area contributed by atoms with E-state index in [9.17, 15) is 28.1 Å². The van der Waals surface area contributed by atoms with Gasteiger partial charge in [-0.15, -0.1) is 0 Å². The van der Waals surface area contributed by atoms with E-state index in [0.717, 1.165) is 16.6 Å². The number of rotatable bonds is 12. The normalized spacial score (nSPS) is 11.9. The van der Waals surface area contributed by atoms with E-state index in [1.807, 2.05) is 6.92 Å². The number of nitrogens with zero attached hydrogens (tertiary/aromatic N) is 3. The van der Waals surface area contributed by atoms with Crippen LogP contribution in [0.1, 0.15) is 31.4 Å². The quantitative estimate of drug-likeness (QED) is 0.335. The largest absolute Gasteiger partial charge is 0.497 e. The van der Waals surface area contributed by atoms with Gasteiger partial charge in [-0.2, -0.15) is 0 Å². The van der Waals surface area contributed by atoms with E-state index in [1.54, 1.807) is 38.1 Å². The smallest absolute Gasteiger partial charge is 0.271 e. The second-order valence-electron chi connectivity index (χ2n) is 8.34. The third-order valence-electron chi connectivity index (χ3n) is 5.56. The second kappa shape index (κ2) is 12.3. The van der Waals surface area contributed by atoms with Gasteiger partial charge >= 0.3 is 0 Å². The van der Waals surface area contributed by atoms with Gasteiger partial charge in [0, 0.05) is 25.2 Å². The maximum atomic E-state index is 13.6. The molecule has 0 aliphatic heterocycles. The SMILES string of the molecule is CCCNC(=O)[C@@H](C)N(Cc1cccc(OC)c1)C(=O)CN(c1cc([N+](=O)[O-])ccc1C)S(C)(=O)=O. The van der Waals surface area contributed by atoms with E-state index in [2.05, 4.69) is 5.32 Å². The predicted octanol–water partition coefficient (Wildman–Crippen LogP) is 2.62. The molecule has 0 radical (unpaired) electrons. The van der Waals surface area contributed by atoms with Crippen LogP contribution in [0.5, 0.6) is 5.75 Å². The van der Waals surface area contributed by atoms with Gasteiger partial charge in [-0.3, -0.25) is 24.0 Å². The third-order valence-corrected chi connectivity index (χ3v) is 6.68. The molecular weight excluding hydrogens is 488 g/mol. The van der Waals surface area contributed by atoms with Crippen LogP contribution in [0.3, 0.4) is 0 Å². The first-order valence-electron chi connectivity index (χ1n) is 11.3. The molecule has 2 rings (SSSR count). The van der Waals surface area contributed by atoms with Crippen molar-refractivity contribution in [1.29, 1.82) is 0 Å². The second-order valence-corrected chi connectivity index (χ2v) is 10.2. The molecule has 2 aromatic rings. The molecule has 0 fully saturated rings. The molecule has 11 nitrogen and oxygen atoms in total. The van der Waals surface area contributed by atoms with Gasteiger partial charge in [-0.1, -0.05) is 25.1 Å². The number of non-ortho nitro benzene ring substituents is 1. The van der Waals surface area contributed by atoms with Crippen LogP contribution in [0.2, 0.25) is 0 Å². The lowest BCUT2D eigenvalue weighted by molar-refractivity contribution is -0.384. The number of sulfonamides is 1. The molecule has 0 aliphatic carbocycles. The van der Waals surface area contributed by atoms with Crippen LogP contribution in [0.25, 0.3) is 0 Å². The van der Waals surface area contributed by atoms with Crippen LogP contribution >= 0.6 is 0 Å². The van der Waals surface area contributed by atoms with E-state index in [0.29, 0.717) is 29.8 Å². The summed E-state index contributed by atoms with van der Waals surface area (Å²) >= 11 is 0. The van der Waals surface area contributed by atoms with Crippen LogP contribution in [0, 0.1) is 17.0 Å². The molecule has 0 aliphatic rings. The number of hydrogen-bond acceptors (Lipinski definition) is 7. The molecular formula is C24H32N4O7S. The van der Waals surface area contributed by atoms with Crippen molar-refractivity contribution in [1.82, 2.24) is 10.2 Å². The Kier molecular flexibility index (Phi) is 9.79. The summed E-state index contributed by atoms with van der Waals surface area (Å²) in [6, 6.07) is 9.85. The minimum absolute atomic E-state index is 0.0161. The average Bonchev–Trinajstić information content (AvgIpc) is 2.83. The highest BCUT2D eigenvalue weighted by molar-refractivity contribution is 7.92. The first kappa shape index (κ1) is 28.6. The Bertz CT molecular complexity index is 1220. The minimum Gasteiger partial charge on any atom is -0.497 e. The molecule has 2 amide bonds. The van der Waals surface area contributed by atoms with Crippen molar-refractivity contribution in [3.63, 3.8) is 0 Å². The predicted molar refractivity (Wildman–Crippen MR) is 136 cm³/mol. The first-order valence-corrected chi connectivity index (χ1v) is 13.2. The number of ether oxygens (including phenoxy) is 1. The lowest BCUT2D eigenvalue weighted by atomic mass is 10.1. The summed E-state index contributed by atoms with van der Waals surface area (Å²) in [5.74, 6) is -0.466. The molecule has 0 heterocycles. The van der Waals surface area contributed by atoms with E-state index in [1.165, 1.54) is 24.1 Å². The molecule has 36 heavy (non-hydrogen) atoms. The number of methoxy groups -OCH3 is 1. The van der Waals surface area contributed by atoms with Crippen molar-refractivity contribution in [2.24, 2.45) is 0 Å². The molecule has 2 aromatic carbocycles. The highest BCUT2D eigenvalue weighted by Gasteiger charge is 2.31. The fraction of sp³-hybridized carbons (Fsp3) is 0.417. The van der Waals surface area contributed by atoms with Gasteiger partial charge in [-0.25, -0.2) is 8.42 Å². The lowest BCUT2D eigenvalue weighted by Gasteiger charge is -2.32. The topological polar surface area (TPSA) is 139 Å². The zero-order valence-corrected chi connectivity index (χ0v) is 21.9. The van der Waals surface area contributed by atoms with Gasteiger partial charge < -0.3 is 15.0 Å². The van der Waals surface area contributed by atoms with Gasteiger partial charge in [0.1, 0.15) is 18.3 Å². The number of nitro groups is 1. The maximum Gasteiger partial charge on any atom is 0.271 e. The molecule has 0 spiro atoms. The average molecular weight is 521 g/mol. The summed E-state index contributed by atoms with van der Waals surface area (Å²) in [7, 11) is -2.50. The zero-order valence-electron chi connectivity index (χ0n) is 21.1. The van der Waals surface area contributed by atoms with E-state index >= 15 is 0 Å². The van der Waals surface area contributed by atoms with E-state index < -0.39 is 33.4 Å². The Balaban J connectivity index is 2.48. The molecule has 1 atom stereocenters. The number of nitro benzene ring substituents is 1. The van der Waals surface area contributed by atoms with Crippen LogP contribution in [0.15, 0.2) is 42.5 Å². The zero-order chi connectivity index (χ0) is 27.0. The Morgan fingerprint density at radius 2 is 1.89 bits per heavy atom. The van der Waals surface area contributed by atoms with Crippen LogP contribution in [0.4, 0.5) is 11.4 Å². The number of hydrogen-bond donors (Lipinski definition) is 1. The van der Waals surface area contributed by atoms with E-state index in [-0.39, 0.29) is 23.8 Å². The van der Waals surface area contributed by atoms with Crippen LogP contribution in [-0.2, 0) is 26.2 Å². The van der Waals surface area contributed by atoms with Gasteiger partial charge in [0.2, 0.25) is 21.8 Å². The summed E-state index contributed by atoms with van der Waals surface area (Å²) in [6.45, 7) is 4.85.